The number of carboxylic acid groups (broad SMARTS) is 1. The quantitative estimate of drug-likeness (QED) is 0.767. The normalized spacial score (nSPS) is 11.7. The van der Waals surface area contributed by atoms with Crippen LogP contribution in [0.25, 0.3) is 0 Å². The lowest BCUT2D eigenvalue weighted by Gasteiger charge is -2.13. The first-order chi connectivity index (χ1) is 9.02. The predicted octanol–water partition coefficient (Wildman–Crippen LogP) is 0.915. The third-order valence-electron chi connectivity index (χ3n) is 2.30. The van der Waals surface area contributed by atoms with Gasteiger partial charge in [-0.2, -0.15) is 0 Å². The Labute approximate surface area is 111 Å². The number of methoxy groups -OCH3 is 1. The van der Waals surface area contributed by atoms with Crippen LogP contribution in [0.1, 0.15) is 17.3 Å². The summed E-state index contributed by atoms with van der Waals surface area (Å²) in [5.74, 6) is -0.816. The van der Waals surface area contributed by atoms with Crippen LogP contribution in [0.4, 0.5) is 0 Å². The Hall–Kier alpha value is -2.08. The molecule has 0 heterocycles. The van der Waals surface area contributed by atoms with Crippen molar-refractivity contribution < 1.29 is 24.2 Å². The molecule has 1 aromatic rings. The molecular formula is C13H17NO5. The summed E-state index contributed by atoms with van der Waals surface area (Å²) < 4.78 is 10.1. The van der Waals surface area contributed by atoms with Crippen LogP contribution in [-0.2, 0) is 9.53 Å². The number of nitrogens with one attached hydrogen (secondary N) is 1. The summed E-state index contributed by atoms with van der Waals surface area (Å²) in [6.45, 7) is 2.13. The second-order valence-electron chi connectivity index (χ2n) is 4.04. The molecule has 104 valence electrons. The zero-order valence-corrected chi connectivity index (χ0v) is 10.9. The third kappa shape index (κ3) is 5.39. The van der Waals surface area contributed by atoms with Crippen LogP contribution < -0.4 is 10.1 Å². The highest BCUT2D eigenvalue weighted by Gasteiger charge is 2.08. The minimum absolute atomic E-state index is 0.0875. The van der Waals surface area contributed by atoms with E-state index in [2.05, 4.69) is 5.32 Å². The van der Waals surface area contributed by atoms with E-state index in [4.69, 9.17) is 14.6 Å². The number of amides is 1. The van der Waals surface area contributed by atoms with Crippen molar-refractivity contribution in [3.63, 3.8) is 0 Å². The first-order valence-electron chi connectivity index (χ1n) is 5.77. The molecule has 1 atom stereocenters. The van der Waals surface area contributed by atoms with Gasteiger partial charge in [-0.15, -0.1) is 0 Å². The number of carboxylic acids is 1. The van der Waals surface area contributed by atoms with Crippen LogP contribution in [0, 0.1) is 0 Å². The van der Waals surface area contributed by atoms with Crippen LogP contribution in [0.3, 0.4) is 0 Å². The molecule has 2 N–H and O–H groups in total. The van der Waals surface area contributed by atoms with Crippen molar-refractivity contribution in [2.24, 2.45) is 0 Å². The lowest BCUT2D eigenvalue weighted by atomic mass is 10.2. The number of carbonyl (C=O) groups excluding carboxylic acids is 1. The molecule has 0 spiro atoms. The molecule has 0 aliphatic carbocycles. The van der Waals surface area contributed by atoms with Crippen molar-refractivity contribution in [1.82, 2.24) is 5.32 Å². The van der Waals surface area contributed by atoms with Gasteiger partial charge in [0, 0.05) is 13.2 Å². The van der Waals surface area contributed by atoms with Gasteiger partial charge < -0.3 is 19.9 Å². The van der Waals surface area contributed by atoms with Gasteiger partial charge in [0.1, 0.15) is 5.75 Å². The monoisotopic (exact) mass is 267 g/mol. The Morgan fingerprint density at radius 1 is 1.32 bits per heavy atom. The zero-order valence-electron chi connectivity index (χ0n) is 10.9. The Bertz CT molecular complexity index is 429. The van der Waals surface area contributed by atoms with E-state index in [0.29, 0.717) is 12.4 Å². The van der Waals surface area contributed by atoms with E-state index in [1.807, 2.05) is 6.92 Å². The zero-order chi connectivity index (χ0) is 14.3. The van der Waals surface area contributed by atoms with Crippen LogP contribution in [0.2, 0.25) is 0 Å². The smallest absolute Gasteiger partial charge is 0.335 e. The molecule has 6 nitrogen and oxygen atoms in total. The molecule has 0 fully saturated rings. The van der Waals surface area contributed by atoms with Gasteiger partial charge >= 0.3 is 5.97 Å². The number of hydrogen-bond donors (Lipinski definition) is 2. The Morgan fingerprint density at radius 3 is 2.47 bits per heavy atom. The average Bonchev–Trinajstić information content (AvgIpc) is 2.37. The van der Waals surface area contributed by atoms with Crippen molar-refractivity contribution in [2.75, 3.05) is 20.3 Å². The van der Waals surface area contributed by atoms with Gasteiger partial charge in [0.15, 0.2) is 6.61 Å². The summed E-state index contributed by atoms with van der Waals surface area (Å²) in [5, 5.41) is 11.4. The van der Waals surface area contributed by atoms with E-state index in [1.54, 1.807) is 7.11 Å². The van der Waals surface area contributed by atoms with Crippen molar-refractivity contribution in [3.05, 3.63) is 29.8 Å². The molecule has 1 amide bonds. The van der Waals surface area contributed by atoms with Gasteiger partial charge in [-0.05, 0) is 31.2 Å². The fourth-order valence-corrected chi connectivity index (χ4v) is 1.45. The van der Waals surface area contributed by atoms with E-state index in [1.165, 1.54) is 24.3 Å². The van der Waals surface area contributed by atoms with Crippen molar-refractivity contribution >= 4 is 11.9 Å². The summed E-state index contributed by atoms with van der Waals surface area (Å²) in [5.41, 5.74) is 0.172. The lowest BCUT2D eigenvalue weighted by molar-refractivity contribution is -0.124. The van der Waals surface area contributed by atoms with Crippen LogP contribution in [0.15, 0.2) is 24.3 Å². The molecule has 1 rings (SSSR count). The van der Waals surface area contributed by atoms with Gasteiger partial charge in [0.2, 0.25) is 0 Å². The Morgan fingerprint density at radius 2 is 1.95 bits per heavy atom. The van der Waals surface area contributed by atoms with E-state index < -0.39 is 5.97 Å². The molecule has 1 aromatic carbocycles. The molecule has 0 aliphatic heterocycles. The summed E-state index contributed by atoms with van der Waals surface area (Å²) in [6.07, 6.45) is 0. The molecule has 6 heteroatoms. The van der Waals surface area contributed by atoms with E-state index in [0.717, 1.165) is 0 Å². The van der Waals surface area contributed by atoms with Crippen molar-refractivity contribution in [2.45, 2.75) is 13.0 Å². The van der Waals surface area contributed by atoms with Gasteiger partial charge in [-0.25, -0.2) is 4.79 Å². The third-order valence-corrected chi connectivity index (χ3v) is 2.30. The maximum atomic E-state index is 11.5. The number of benzene rings is 1. The second-order valence-corrected chi connectivity index (χ2v) is 4.04. The number of ether oxygens (including phenoxy) is 2. The summed E-state index contributed by atoms with van der Waals surface area (Å²) >= 11 is 0. The molecule has 0 aliphatic rings. The number of aromatic carboxylic acids is 1. The lowest BCUT2D eigenvalue weighted by Crippen LogP contribution is -2.38. The van der Waals surface area contributed by atoms with Gasteiger partial charge in [-0.1, -0.05) is 0 Å². The van der Waals surface area contributed by atoms with Crippen LogP contribution in [0.5, 0.6) is 5.75 Å². The summed E-state index contributed by atoms with van der Waals surface area (Å²) in [4.78, 5) is 22.1. The van der Waals surface area contributed by atoms with E-state index >= 15 is 0 Å². The van der Waals surface area contributed by atoms with Crippen LogP contribution in [-0.4, -0.2) is 43.3 Å². The molecule has 0 aromatic heterocycles. The summed E-state index contributed by atoms with van der Waals surface area (Å²) in [7, 11) is 1.56. The molecule has 0 saturated carbocycles. The van der Waals surface area contributed by atoms with Gasteiger partial charge in [-0.3, -0.25) is 4.79 Å². The van der Waals surface area contributed by atoms with Crippen molar-refractivity contribution in [1.29, 1.82) is 0 Å². The average molecular weight is 267 g/mol. The van der Waals surface area contributed by atoms with Crippen LogP contribution >= 0.6 is 0 Å². The topological polar surface area (TPSA) is 84.9 Å². The van der Waals surface area contributed by atoms with E-state index in [-0.39, 0.29) is 24.1 Å². The first kappa shape index (κ1) is 15.0. The first-order valence-corrected chi connectivity index (χ1v) is 5.77. The number of carbonyl (C=O) groups is 2. The number of rotatable bonds is 7. The minimum Gasteiger partial charge on any atom is -0.484 e. The highest BCUT2D eigenvalue weighted by molar-refractivity contribution is 5.87. The second kappa shape index (κ2) is 7.38. The molecule has 0 radical (unpaired) electrons. The Kier molecular flexibility index (Phi) is 5.81. The number of hydrogen-bond acceptors (Lipinski definition) is 4. The Balaban J connectivity index is 2.39. The van der Waals surface area contributed by atoms with Crippen molar-refractivity contribution in [3.8, 4) is 5.75 Å². The molecule has 0 unspecified atom stereocenters. The molecule has 0 bridgehead atoms. The highest BCUT2D eigenvalue weighted by atomic mass is 16.5. The predicted molar refractivity (Wildman–Crippen MR) is 68.4 cm³/mol. The maximum absolute atomic E-state index is 11.5. The van der Waals surface area contributed by atoms with Gasteiger partial charge in [0.25, 0.3) is 5.91 Å². The fraction of sp³-hybridized carbons (Fsp3) is 0.385. The minimum atomic E-state index is -1.00. The standard InChI is InChI=1S/C13H17NO5/c1-9(7-18-2)14-12(15)8-19-11-5-3-10(4-6-11)13(16)17/h3-6,9H,7-8H2,1-2H3,(H,14,15)(H,16,17)/t9-/m0/s1. The molecular weight excluding hydrogens is 250 g/mol. The largest absolute Gasteiger partial charge is 0.484 e. The van der Waals surface area contributed by atoms with Gasteiger partial charge in [0.05, 0.1) is 12.2 Å². The molecule has 19 heavy (non-hydrogen) atoms. The van der Waals surface area contributed by atoms with E-state index in [9.17, 15) is 9.59 Å². The molecule has 0 saturated heterocycles. The fourth-order valence-electron chi connectivity index (χ4n) is 1.45. The SMILES string of the molecule is COC[C@H](C)NC(=O)COc1ccc(C(=O)O)cc1. The highest BCUT2D eigenvalue weighted by Crippen LogP contribution is 2.11. The maximum Gasteiger partial charge on any atom is 0.335 e. The summed E-state index contributed by atoms with van der Waals surface area (Å²) in [6, 6.07) is 5.77.